The Bertz CT molecular complexity index is 1660. The fraction of sp³-hybridized carbons (Fsp3) is 0.258. The Hall–Kier alpha value is -3.99. The lowest BCUT2D eigenvalue weighted by atomic mass is 9.92. The molecule has 0 bridgehead atoms. The normalized spacial score (nSPS) is 16.0. The zero-order valence-electron chi connectivity index (χ0n) is 21.1. The zero-order chi connectivity index (χ0) is 24.6. The minimum atomic E-state index is 0.272. The molecule has 5 nitrogen and oxygen atoms in total. The molecule has 0 radical (unpaired) electrons. The van der Waals surface area contributed by atoms with Gasteiger partial charge in [0.1, 0.15) is 17.9 Å². The highest BCUT2D eigenvalue weighted by Gasteiger charge is 2.25. The average molecular weight is 475 g/mol. The van der Waals surface area contributed by atoms with Gasteiger partial charge in [-0.2, -0.15) is 0 Å². The molecule has 7 rings (SSSR count). The number of nitrogens with one attached hydrogen (secondary N) is 3. The molecule has 0 aliphatic carbocycles. The molecule has 36 heavy (non-hydrogen) atoms. The Morgan fingerprint density at radius 3 is 2.50 bits per heavy atom. The van der Waals surface area contributed by atoms with E-state index in [1.807, 2.05) is 0 Å². The van der Waals surface area contributed by atoms with Gasteiger partial charge in [-0.1, -0.05) is 58.0 Å². The number of hydrogen-bond acceptors (Lipinski definition) is 4. The second kappa shape index (κ2) is 7.76. The van der Waals surface area contributed by atoms with E-state index in [2.05, 4.69) is 104 Å². The van der Waals surface area contributed by atoms with Crippen LogP contribution < -0.4 is 15.4 Å². The number of anilines is 2. The molecule has 2 aliphatic rings. The van der Waals surface area contributed by atoms with Crippen LogP contribution >= 0.6 is 0 Å². The van der Waals surface area contributed by atoms with Crippen molar-refractivity contribution in [3.63, 3.8) is 0 Å². The van der Waals surface area contributed by atoms with Crippen molar-refractivity contribution in [2.75, 3.05) is 10.6 Å². The van der Waals surface area contributed by atoms with Gasteiger partial charge < -0.3 is 20.4 Å². The van der Waals surface area contributed by atoms with E-state index in [4.69, 9.17) is 9.72 Å². The van der Waals surface area contributed by atoms with Crippen LogP contribution in [0.2, 0.25) is 0 Å². The molecule has 4 aromatic carbocycles. The van der Waals surface area contributed by atoms with Crippen molar-refractivity contribution in [3.8, 4) is 28.0 Å². The third kappa shape index (κ3) is 3.19. The molecule has 5 heteroatoms. The van der Waals surface area contributed by atoms with Gasteiger partial charge in [-0.3, -0.25) is 0 Å². The van der Waals surface area contributed by atoms with Gasteiger partial charge in [0, 0.05) is 16.9 Å². The minimum absolute atomic E-state index is 0.272. The third-order valence-corrected chi connectivity index (χ3v) is 7.57. The second-order valence-electron chi connectivity index (χ2n) is 10.7. The average Bonchev–Trinajstić information content (AvgIpc) is 3.53. The number of aromatic nitrogens is 2. The molecule has 1 atom stereocenters. The highest BCUT2D eigenvalue weighted by atomic mass is 16.5. The number of hydrogen-bond donors (Lipinski definition) is 3. The summed E-state index contributed by atoms with van der Waals surface area (Å²) in [7, 11) is 0. The van der Waals surface area contributed by atoms with E-state index >= 15 is 0 Å². The molecule has 3 N–H and O–H groups in total. The van der Waals surface area contributed by atoms with Gasteiger partial charge in [-0.05, 0) is 63.9 Å². The maximum absolute atomic E-state index is 6.30. The van der Waals surface area contributed by atoms with E-state index in [1.54, 1.807) is 0 Å². The summed E-state index contributed by atoms with van der Waals surface area (Å²) < 4.78 is 6.30. The lowest BCUT2D eigenvalue weighted by Crippen LogP contribution is -2.27. The molecule has 0 saturated heterocycles. The van der Waals surface area contributed by atoms with E-state index in [9.17, 15) is 0 Å². The Morgan fingerprint density at radius 1 is 0.861 bits per heavy atom. The molecule has 180 valence electrons. The quantitative estimate of drug-likeness (QED) is 0.249. The summed E-state index contributed by atoms with van der Waals surface area (Å²) >= 11 is 0. The lowest BCUT2D eigenvalue weighted by Gasteiger charge is -2.22. The van der Waals surface area contributed by atoms with Crippen molar-refractivity contribution < 1.29 is 4.74 Å². The first kappa shape index (κ1) is 21.3. The number of imidazole rings is 1. The van der Waals surface area contributed by atoms with Crippen LogP contribution in [0.3, 0.4) is 0 Å². The van der Waals surface area contributed by atoms with Crippen LogP contribution in [0.15, 0.2) is 60.7 Å². The van der Waals surface area contributed by atoms with Crippen LogP contribution in [0.4, 0.5) is 11.4 Å². The number of benzene rings is 4. The van der Waals surface area contributed by atoms with Crippen LogP contribution in [-0.2, 0) is 6.61 Å². The third-order valence-electron chi connectivity index (χ3n) is 7.57. The van der Waals surface area contributed by atoms with E-state index in [-0.39, 0.29) is 6.17 Å². The maximum atomic E-state index is 6.30. The number of fused-ring (bicyclic) bond motifs is 8. The van der Waals surface area contributed by atoms with Crippen molar-refractivity contribution in [2.24, 2.45) is 5.92 Å². The van der Waals surface area contributed by atoms with Crippen molar-refractivity contribution in [1.29, 1.82) is 0 Å². The number of aromatic amines is 1. The predicted molar refractivity (Wildman–Crippen MR) is 149 cm³/mol. The fourth-order valence-corrected chi connectivity index (χ4v) is 5.48. The van der Waals surface area contributed by atoms with Crippen molar-refractivity contribution in [1.82, 2.24) is 9.97 Å². The van der Waals surface area contributed by atoms with Crippen molar-refractivity contribution in [2.45, 2.75) is 46.4 Å². The van der Waals surface area contributed by atoms with Gasteiger partial charge in [-0.25, -0.2) is 4.98 Å². The summed E-state index contributed by atoms with van der Waals surface area (Å²) in [4.78, 5) is 8.28. The molecule has 0 spiro atoms. The number of nitrogens with zero attached hydrogens (tertiary/aromatic N) is 1. The SMILES string of the molecule is CC(C)c1nc2c3c(ccc2[nH]1)-c1ccc(-c2ccc4c5c(ccc4c2)NC(C(C)C)N5)cc1CO3. The molecule has 5 aromatic rings. The highest BCUT2D eigenvalue weighted by molar-refractivity contribution is 6.03. The van der Waals surface area contributed by atoms with E-state index in [0.29, 0.717) is 18.4 Å². The number of rotatable bonds is 3. The summed E-state index contributed by atoms with van der Waals surface area (Å²) in [6.07, 6.45) is 0.272. The molecular weight excluding hydrogens is 444 g/mol. The molecule has 3 heterocycles. The molecule has 1 aromatic heterocycles. The van der Waals surface area contributed by atoms with Crippen molar-refractivity contribution >= 4 is 33.2 Å². The highest BCUT2D eigenvalue weighted by Crippen LogP contribution is 2.44. The monoisotopic (exact) mass is 474 g/mol. The lowest BCUT2D eigenvalue weighted by molar-refractivity contribution is 0.305. The first-order valence-electron chi connectivity index (χ1n) is 12.8. The zero-order valence-corrected chi connectivity index (χ0v) is 21.1. The topological polar surface area (TPSA) is 62.0 Å². The Kier molecular flexibility index (Phi) is 4.59. The molecule has 2 aliphatic heterocycles. The molecule has 0 saturated carbocycles. The van der Waals surface area contributed by atoms with E-state index in [1.165, 1.54) is 44.4 Å². The minimum Gasteiger partial charge on any atom is -0.486 e. The Balaban J connectivity index is 1.26. The number of H-pyrrole nitrogens is 1. The summed E-state index contributed by atoms with van der Waals surface area (Å²) in [5.41, 5.74) is 10.3. The van der Waals surface area contributed by atoms with Crippen molar-refractivity contribution in [3.05, 3.63) is 72.1 Å². The largest absolute Gasteiger partial charge is 0.486 e. The molecule has 0 fully saturated rings. The van der Waals surface area contributed by atoms with E-state index < -0.39 is 0 Å². The van der Waals surface area contributed by atoms with Crippen LogP contribution in [0.25, 0.3) is 44.1 Å². The maximum Gasteiger partial charge on any atom is 0.155 e. The van der Waals surface area contributed by atoms with Gasteiger partial charge in [0.25, 0.3) is 0 Å². The Labute approximate surface area is 210 Å². The smallest absolute Gasteiger partial charge is 0.155 e. The first-order chi connectivity index (χ1) is 17.5. The van der Waals surface area contributed by atoms with Crippen LogP contribution in [0.1, 0.15) is 45.0 Å². The van der Waals surface area contributed by atoms with Crippen LogP contribution in [-0.4, -0.2) is 16.1 Å². The standard InChI is InChI=1S/C31H30N4O/c1-16(2)30-32-25-11-7-20-13-18(6-9-23(20)27(25)34-30)19-5-8-22-21(14-19)15-36-29-24(22)10-12-26-28(29)35-31(33-26)17(3)4/h5-14,16-17,30,32,34H,15H2,1-4H3,(H,33,35). The van der Waals surface area contributed by atoms with Crippen LogP contribution in [0, 0.1) is 5.92 Å². The van der Waals surface area contributed by atoms with Gasteiger partial charge in [-0.15, -0.1) is 0 Å². The van der Waals surface area contributed by atoms with E-state index in [0.717, 1.165) is 28.2 Å². The first-order valence-corrected chi connectivity index (χ1v) is 12.8. The van der Waals surface area contributed by atoms with Gasteiger partial charge in [0.15, 0.2) is 5.75 Å². The Morgan fingerprint density at radius 2 is 1.67 bits per heavy atom. The summed E-state index contributed by atoms with van der Waals surface area (Å²) in [5, 5.41) is 9.77. The predicted octanol–water partition coefficient (Wildman–Crippen LogP) is 7.89. The summed E-state index contributed by atoms with van der Waals surface area (Å²) in [6.45, 7) is 9.31. The van der Waals surface area contributed by atoms with Crippen LogP contribution in [0.5, 0.6) is 5.75 Å². The summed E-state index contributed by atoms with van der Waals surface area (Å²) in [6, 6.07) is 22.2. The second-order valence-corrected chi connectivity index (χ2v) is 10.7. The molecule has 0 amide bonds. The molecular formula is C31H30N4O. The summed E-state index contributed by atoms with van der Waals surface area (Å²) in [5.74, 6) is 2.74. The van der Waals surface area contributed by atoms with Gasteiger partial charge >= 0.3 is 0 Å². The van der Waals surface area contributed by atoms with Gasteiger partial charge in [0.05, 0.1) is 23.1 Å². The molecule has 1 unspecified atom stereocenters. The van der Waals surface area contributed by atoms with Gasteiger partial charge in [0.2, 0.25) is 0 Å². The fourth-order valence-electron chi connectivity index (χ4n) is 5.48. The number of ether oxygens (including phenoxy) is 1.